The fraction of sp³-hybridized carbons (Fsp3) is 0.250. The molecule has 0 aromatic carbocycles. The van der Waals surface area contributed by atoms with Crippen molar-refractivity contribution in [1.29, 1.82) is 0 Å². The van der Waals surface area contributed by atoms with E-state index >= 15 is 0 Å². The minimum absolute atomic E-state index is 0. The Labute approximate surface area is 74.4 Å². The Morgan fingerprint density at radius 1 is 1.50 bits per heavy atom. The first kappa shape index (κ1) is 12.6. The van der Waals surface area contributed by atoms with Crippen LogP contribution in [0.1, 0.15) is 0 Å². The maximum absolute atomic E-state index is 10.2. The molecule has 0 aromatic rings. The van der Waals surface area contributed by atoms with Crippen molar-refractivity contribution < 1.29 is 40.7 Å². The van der Waals surface area contributed by atoms with Crippen molar-refractivity contribution in [2.75, 3.05) is 6.26 Å². The number of rotatable bonds is 2. The van der Waals surface area contributed by atoms with Gasteiger partial charge in [-0.25, -0.2) is 8.42 Å². The smallest absolute Gasteiger partial charge is 0.545 e. The third-order valence-electron chi connectivity index (χ3n) is 0.451. The summed E-state index contributed by atoms with van der Waals surface area (Å²) in [5.74, 6) is -1.51. The summed E-state index contributed by atoms with van der Waals surface area (Å²) in [6.07, 6.45) is 1.36. The molecular weight excluding hydrogens is 252 g/mol. The molecule has 6 heteroatoms. The molecule has 0 N–H and O–H groups in total. The molecular formula is C4H5AgO4S. The number of sulfone groups is 1. The van der Waals surface area contributed by atoms with Crippen LogP contribution in [0.2, 0.25) is 0 Å². The third-order valence-corrected chi connectivity index (χ3v) is 1.08. The first-order valence-electron chi connectivity index (χ1n) is 2.01. The van der Waals surface area contributed by atoms with Crippen LogP contribution in [0.5, 0.6) is 0 Å². The average Bonchev–Trinajstić information content (AvgIpc) is 1.59. The van der Waals surface area contributed by atoms with Gasteiger partial charge >= 0.3 is 22.4 Å². The van der Waals surface area contributed by atoms with Crippen LogP contribution < -0.4 is 5.11 Å². The predicted molar refractivity (Wildman–Crippen MR) is 29.0 cm³/mol. The van der Waals surface area contributed by atoms with Gasteiger partial charge in [0.25, 0.3) is 0 Å². The average molecular weight is 257 g/mol. The first-order valence-corrected chi connectivity index (χ1v) is 3.96. The Kier molecular flexibility index (Phi) is 5.87. The number of carbonyl (C=O) groups excluding carboxylic acids is 1. The summed E-state index contributed by atoms with van der Waals surface area (Å²) in [6, 6.07) is 0. The van der Waals surface area contributed by atoms with Gasteiger partial charge in [-0.3, -0.25) is 0 Å². The molecule has 0 aromatic heterocycles. The molecule has 0 fully saturated rings. The van der Waals surface area contributed by atoms with Crippen LogP contribution in [0.25, 0.3) is 0 Å². The van der Waals surface area contributed by atoms with Gasteiger partial charge in [0.15, 0.2) is 9.84 Å². The topological polar surface area (TPSA) is 74.3 Å². The monoisotopic (exact) mass is 256 g/mol. The van der Waals surface area contributed by atoms with Crippen molar-refractivity contribution in [2.45, 2.75) is 0 Å². The molecule has 0 heterocycles. The van der Waals surface area contributed by atoms with Crippen molar-refractivity contribution in [3.05, 3.63) is 11.5 Å². The van der Waals surface area contributed by atoms with E-state index in [0.717, 1.165) is 6.26 Å². The molecule has 0 radical (unpaired) electrons. The van der Waals surface area contributed by atoms with Gasteiger partial charge in [0, 0.05) is 11.7 Å². The quantitative estimate of drug-likeness (QED) is 0.436. The van der Waals surface area contributed by atoms with Gasteiger partial charge in [0.05, 0.1) is 5.97 Å². The van der Waals surface area contributed by atoms with Crippen LogP contribution in [-0.4, -0.2) is 20.6 Å². The SMILES string of the molecule is CS(=O)(=O)/C=C/C(=O)[O-].[Ag+]. The normalized spacial score (nSPS) is 10.9. The number of aliphatic carboxylic acids is 1. The zero-order valence-electron chi connectivity index (χ0n) is 5.00. The van der Waals surface area contributed by atoms with E-state index in [1.807, 2.05) is 0 Å². The second-order valence-corrected chi connectivity index (χ2v) is 3.38. The van der Waals surface area contributed by atoms with Gasteiger partial charge in [-0.2, -0.15) is 0 Å². The zero-order chi connectivity index (χ0) is 7.49. The van der Waals surface area contributed by atoms with Crippen LogP contribution in [0.4, 0.5) is 0 Å². The summed E-state index contributed by atoms with van der Waals surface area (Å²) in [7, 11) is -3.32. The van der Waals surface area contributed by atoms with E-state index in [1.165, 1.54) is 0 Å². The molecule has 0 amide bonds. The fourth-order valence-electron chi connectivity index (χ4n) is 0.179. The molecule has 0 bridgehead atoms. The van der Waals surface area contributed by atoms with Gasteiger partial charge in [0.1, 0.15) is 0 Å². The molecule has 62 valence electrons. The Hall–Kier alpha value is -0.0997. The molecule has 0 atom stereocenters. The van der Waals surface area contributed by atoms with Crippen molar-refractivity contribution >= 4 is 15.8 Å². The second-order valence-electron chi connectivity index (χ2n) is 1.45. The molecule has 10 heavy (non-hydrogen) atoms. The largest absolute Gasteiger partial charge is 1.00 e. The molecule has 0 rings (SSSR count). The molecule has 0 aliphatic heterocycles. The maximum atomic E-state index is 10.2. The summed E-state index contributed by atoms with van der Waals surface area (Å²) in [6.45, 7) is 0. The Bertz CT molecular complexity index is 228. The summed E-state index contributed by atoms with van der Waals surface area (Å²) in [5, 5.41) is 10.2. The van der Waals surface area contributed by atoms with Gasteiger partial charge in [0.2, 0.25) is 0 Å². The van der Waals surface area contributed by atoms with Crippen LogP contribution in [0.3, 0.4) is 0 Å². The molecule has 4 nitrogen and oxygen atoms in total. The van der Waals surface area contributed by atoms with Gasteiger partial charge < -0.3 is 9.90 Å². The second kappa shape index (κ2) is 4.68. The summed E-state index contributed by atoms with van der Waals surface area (Å²) in [4.78, 5) is 9.58. The van der Waals surface area contributed by atoms with Crippen LogP contribution in [0.15, 0.2) is 11.5 Å². The molecule has 0 aliphatic carbocycles. The van der Waals surface area contributed by atoms with Gasteiger partial charge in [-0.05, 0) is 6.08 Å². The molecule has 0 unspecified atom stereocenters. The number of carbonyl (C=O) groups is 1. The number of hydrogen-bond donors (Lipinski definition) is 0. The summed E-state index contributed by atoms with van der Waals surface area (Å²) in [5.41, 5.74) is 0. The first-order chi connectivity index (χ1) is 3.92. The molecule has 0 spiro atoms. The maximum Gasteiger partial charge on any atom is 1.00 e. The van der Waals surface area contributed by atoms with Crippen LogP contribution in [-0.2, 0) is 37.0 Å². The van der Waals surface area contributed by atoms with Crippen molar-refractivity contribution in [3.8, 4) is 0 Å². The Morgan fingerprint density at radius 3 is 2.00 bits per heavy atom. The van der Waals surface area contributed by atoms with Gasteiger partial charge in [-0.15, -0.1) is 0 Å². The van der Waals surface area contributed by atoms with E-state index in [9.17, 15) is 18.3 Å². The number of hydrogen-bond acceptors (Lipinski definition) is 4. The van der Waals surface area contributed by atoms with Crippen molar-refractivity contribution in [2.24, 2.45) is 0 Å². The fourth-order valence-corrected chi connectivity index (χ4v) is 0.537. The molecule has 0 aliphatic rings. The Balaban J connectivity index is 0. The number of carboxylic acid groups (broad SMARTS) is 1. The predicted octanol–water partition coefficient (Wildman–Crippen LogP) is -1.71. The minimum atomic E-state index is -3.32. The summed E-state index contributed by atoms with van der Waals surface area (Å²) < 4.78 is 20.3. The van der Waals surface area contributed by atoms with Crippen molar-refractivity contribution in [3.63, 3.8) is 0 Å². The van der Waals surface area contributed by atoms with E-state index in [-0.39, 0.29) is 22.4 Å². The number of carboxylic acids is 1. The molecule has 0 saturated heterocycles. The van der Waals surface area contributed by atoms with Crippen LogP contribution in [0, 0.1) is 0 Å². The van der Waals surface area contributed by atoms with E-state index in [4.69, 9.17) is 0 Å². The Morgan fingerprint density at radius 2 is 1.90 bits per heavy atom. The van der Waals surface area contributed by atoms with Crippen molar-refractivity contribution in [1.82, 2.24) is 0 Å². The standard InChI is InChI=1S/C4H6O4S.Ag/c1-9(7,8)3-2-4(5)6;/h2-3H,1H3,(H,5,6);/q;+1/p-1/b3-2+;. The minimum Gasteiger partial charge on any atom is -0.545 e. The molecule has 0 saturated carbocycles. The van der Waals surface area contributed by atoms with Crippen LogP contribution >= 0.6 is 0 Å². The van der Waals surface area contributed by atoms with E-state index in [2.05, 4.69) is 0 Å². The summed E-state index contributed by atoms with van der Waals surface area (Å²) >= 11 is 0. The third kappa shape index (κ3) is 10.8. The van der Waals surface area contributed by atoms with E-state index in [1.54, 1.807) is 0 Å². The van der Waals surface area contributed by atoms with E-state index < -0.39 is 15.8 Å². The van der Waals surface area contributed by atoms with Gasteiger partial charge in [-0.1, -0.05) is 0 Å². The van der Waals surface area contributed by atoms with E-state index in [0.29, 0.717) is 11.5 Å². The zero-order valence-corrected chi connectivity index (χ0v) is 7.30.